The summed E-state index contributed by atoms with van der Waals surface area (Å²) in [5, 5.41) is 2.04. The Labute approximate surface area is 79.5 Å². The van der Waals surface area contributed by atoms with Crippen molar-refractivity contribution >= 4 is 18.3 Å². The van der Waals surface area contributed by atoms with Crippen LogP contribution in [-0.2, 0) is 0 Å². The highest BCUT2D eigenvalue weighted by molar-refractivity contribution is 5.93. The zero-order valence-corrected chi connectivity index (χ0v) is 7.31. The van der Waals surface area contributed by atoms with Crippen LogP contribution in [0.25, 0.3) is 0 Å². The number of nitrogens with one attached hydrogen (secondary N) is 1. The van der Waals surface area contributed by atoms with E-state index in [9.17, 15) is 13.6 Å². The number of alkyl halides is 2. The van der Waals surface area contributed by atoms with Gasteiger partial charge in [-0.05, 0) is 6.07 Å². The molecule has 1 rings (SSSR count). The van der Waals surface area contributed by atoms with Crippen LogP contribution in [0.4, 0.5) is 8.78 Å². The minimum Gasteiger partial charge on any atom is -0.472 e. The lowest BCUT2D eigenvalue weighted by atomic mass is 10.3. The van der Waals surface area contributed by atoms with E-state index in [1.54, 1.807) is 0 Å². The molecule has 1 aromatic rings. The highest BCUT2D eigenvalue weighted by atomic mass is 35.5. The summed E-state index contributed by atoms with van der Waals surface area (Å²) in [6.45, 7) is -0.635. The van der Waals surface area contributed by atoms with Crippen LogP contribution in [0.1, 0.15) is 10.4 Å². The number of carbonyl (C=O) groups excluding carboxylic acids is 1. The number of hydrogen-bond acceptors (Lipinski definition) is 2. The van der Waals surface area contributed by atoms with E-state index < -0.39 is 18.9 Å². The maximum absolute atomic E-state index is 11.6. The maximum Gasteiger partial charge on any atom is 0.255 e. The van der Waals surface area contributed by atoms with Crippen LogP contribution in [0.5, 0.6) is 0 Å². The van der Waals surface area contributed by atoms with Crippen LogP contribution >= 0.6 is 12.4 Å². The first kappa shape index (κ1) is 11.9. The molecule has 0 spiro atoms. The third-order valence-corrected chi connectivity index (χ3v) is 1.20. The Balaban J connectivity index is 0.00000144. The highest BCUT2D eigenvalue weighted by Gasteiger charge is 2.08. The van der Waals surface area contributed by atoms with Crippen molar-refractivity contribution in [3.63, 3.8) is 0 Å². The van der Waals surface area contributed by atoms with E-state index in [0.717, 1.165) is 0 Å². The van der Waals surface area contributed by atoms with Crippen molar-refractivity contribution in [1.29, 1.82) is 0 Å². The molecule has 1 aromatic heterocycles. The maximum atomic E-state index is 11.6. The number of amides is 1. The van der Waals surface area contributed by atoms with Gasteiger partial charge in [0.25, 0.3) is 12.3 Å². The fourth-order valence-corrected chi connectivity index (χ4v) is 0.666. The topological polar surface area (TPSA) is 42.2 Å². The van der Waals surface area contributed by atoms with E-state index in [4.69, 9.17) is 0 Å². The number of rotatable bonds is 3. The van der Waals surface area contributed by atoms with Crippen molar-refractivity contribution in [2.24, 2.45) is 0 Å². The van der Waals surface area contributed by atoms with E-state index in [1.807, 2.05) is 5.32 Å². The molecule has 3 nitrogen and oxygen atoms in total. The molecule has 0 unspecified atom stereocenters. The van der Waals surface area contributed by atoms with Crippen molar-refractivity contribution in [1.82, 2.24) is 5.32 Å². The molecule has 0 aliphatic heterocycles. The Morgan fingerprint density at radius 1 is 1.62 bits per heavy atom. The third-order valence-electron chi connectivity index (χ3n) is 1.20. The summed E-state index contributed by atoms with van der Waals surface area (Å²) in [6.07, 6.45) is -0.0289. The molecule has 0 atom stereocenters. The van der Waals surface area contributed by atoms with Gasteiger partial charge in [-0.25, -0.2) is 8.78 Å². The Morgan fingerprint density at radius 3 is 2.77 bits per heavy atom. The molecule has 0 saturated carbocycles. The van der Waals surface area contributed by atoms with Gasteiger partial charge >= 0.3 is 0 Å². The molecule has 6 heteroatoms. The Hall–Kier alpha value is -1.10. The predicted octanol–water partition coefficient (Wildman–Crippen LogP) is 1.70. The molecule has 0 radical (unpaired) electrons. The van der Waals surface area contributed by atoms with Crippen molar-refractivity contribution in [3.8, 4) is 0 Å². The minimum atomic E-state index is -2.53. The fourth-order valence-electron chi connectivity index (χ4n) is 0.666. The number of furan rings is 1. The van der Waals surface area contributed by atoms with Crippen molar-refractivity contribution in [2.75, 3.05) is 6.54 Å². The third kappa shape index (κ3) is 3.89. The molecule has 1 amide bonds. The molecular formula is C7H8ClF2NO2. The monoisotopic (exact) mass is 211 g/mol. The summed E-state index contributed by atoms with van der Waals surface area (Å²) in [5.41, 5.74) is 0.246. The van der Waals surface area contributed by atoms with Crippen molar-refractivity contribution in [3.05, 3.63) is 24.2 Å². The summed E-state index contributed by atoms with van der Waals surface area (Å²) in [6, 6.07) is 1.40. The molecule has 1 N–H and O–H groups in total. The molecule has 0 aromatic carbocycles. The summed E-state index contributed by atoms with van der Waals surface area (Å²) < 4.78 is 27.8. The quantitative estimate of drug-likeness (QED) is 0.827. The molecule has 1 heterocycles. The normalized spacial score (nSPS) is 9.46. The van der Waals surface area contributed by atoms with Crippen LogP contribution in [0.3, 0.4) is 0 Å². The lowest BCUT2D eigenvalue weighted by molar-refractivity contribution is 0.0891. The average Bonchev–Trinajstić information content (AvgIpc) is 2.51. The van der Waals surface area contributed by atoms with Gasteiger partial charge in [0.15, 0.2) is 0 Å². The Morgan fingerprint density at radius 2 is 2.31 bits per heavy atom. The van der Waals surface area contributed by atoms with Gasteiger partial charge in [0.2, 0.25) is 0 Å². The first-order valence-corrected chi connectivity index (χ1v) is 3.28. The number of halogens is 3. The SMILES string of the molecule is Cl.O=C(NCC(F)F)c1ccoc1. The lowest BCUT2D eigenvalue weighted by Crippen LogP contribution is -2.27. The van der Waals surface area contributed by atoms with Crippen LogP contribution < -0.4 is 5.32 Å². The second kappa shape index (κ2) is 5.53. The first-order valence-electron chi connectivity index (χ1n) is 3.28. The van der Waals surface area contributed by atoms with Gasteiger partial charge in [-0.3, -0.25) is 4.79 Å². The second-order valence-corrected chi connectivity index (χ2v) is 2.11. The van der Waals surface area contributed by atoms with Crippen LogP contribution in [0, 0.1) is 0 Å². The Kier molecular flexibility index (Phi) is 5.06. The molecule has 0 saturated heterocycles. The molecule has 0 fully saturated rings. The van der Waals surface area contributed by atoms with Crippen molar-refractivity contribution in [2.45, 2.75) is 6.43 Å². The largest absolute Gasteiger partial charge is 0.472 e. The fraction of sp³-hybridized carbons (Fsp3) is 0.286. The van der Waals surface area contributed by atoms with Gasteiger partial charge in [0, 0.05) is 0 Å². The van der Waals surface area contributed by atoms with Gasteiger partial charge in [-0.15, -0.1) is 12.4 Å². The summed E-state index contributed by atoms with van der Waals surface area (Å²) in [4.78, 5) is 10.9. The Bertz CT molecular complexity index is 251. The smallest absolute Gasteiger partial charge is 0.255 e. The molecule has 0 aliphatic carbocycles. The average molecular weight is 212 g/mol. The molecule has 74 valence electrons. The zero-order valence-electron chi connectivity index (χ0n) is 6.50. The number of hydrogen-bond donors (Lipinski definition) is 1. The molecule has 0 bridgehead atoms. The molecule has 13 heavy (non-hydrogen) atoms. The van der Waals surface area contributed by atoms with E-state index in [1.165, 1.54) is 18.6 Å². The van der Waals surface area contributed by atoms with E-state index >= 15 is 0 Å². The molecule has 0 aliphatic rings. The van der Waals surface area contributed by atoms with E-state index in [2.05, 4.69) is 4.42 Å². The summed E-state index contributed by atoms with van der Waals surface area (Å²) >= 11 is 0. The minimum absolute atomic E-state index is 0. The van der Waals surface area contributed by atoms with Gasteiger partial charge in [0.05, 0.1) is 18.4 Å². The van der Waals surface area contributed by atoms with Crippen LogP contribution in [0.15, 0.2) is 23.0 Å². The van der Waals surface area contributed by atoms with Crippen molar-refractivity contribution < 1.29 is 18.0 Å². The van der Waals surface area contributed by atoms with Gasteiger partial charge in [-0.1, -0.05) is 0 Å². The lowest BCUT2D eigenvalue weighted by Gasteiger charge is -2.00. The van der Waals surface area contributed by atoms with Crippen LogP contribution in [0.2, 0.25) is 0 Å². The van der Waals surface area contributed by atoms with Crippen LogP contribution in [-0.4, -0.2) is 18.9 Å². The summed E-state index contributed by atoms with van der Waals surface area (Å²) in [7, 11) is 0. The first-order chi connectivity index (χ1) is 5.70. The van der Waals surface area contributed by atoms with Gasteiger partial charge in [0.1, 0.15) is 6.26 Å². The summed E-state index contributed by atoms with van der Waals surface area (Å²) in [5.74, 6) is -0.552. The standard InChI is InChI=1S/C7H7F2NO2.ClH/c8-6(9)3-10-7(11)5-1-2-12-4-5;/h1-2,4,6H,3H2,(H,10,11);1H. The number of carbonyl (C=O) groups is 1. The second-order valence-electron chi connectivity index (χ2n) is 2.11. The van der Waals surface area contributed by atoms with E-state index in [0.29, 0.717) is 0 Å². The van der Waals surface area contributed by atoms with Gasteiger partial charge in [-0.2, -0.15) is 0 Å². The highest BCUT2D eigenvalue weighted by Crippen LogP contribution is 1.99. The predicted molar refractivity (Wildman–Crippen MR) is 44.3 cm³/mol. The molecular weight excluding hydrogens is 204 g/mol. The van der Waals surface area contributed by atoms with E-state index in [-0.39, 0.29) is 18.0 Å². The zero-order chi connectivity index (χ0) is 8.97. The van der Waals surface area contributed by atoms with Gasteiger partial charge < -0.3 is 9.73 Å².